The summed E-state index contributed by atoms with van der Waals surface area (Å²) in [5, 5.41) is 10.9. The van der Waals surface area contributed by atoms with E-state index in [9.17, 15) is 9.90 Å². The second-order valence-corrected chi connectivity index (χ2v) is 8.78. The van der Waals surface area contributed by atoms with E-state index in [0.717, 1.165) is 27.6 Å². The predicted molar refractivity (Wildman–Crippen MR) is 141 cm³/mol. The van der Waals surface area contributed by atoms with Gasteiger partial charge < -0.3 is 19.3 Å². The smallest absolute Gasteiger partial charge is 0.412 e. The summed E-state index contributed by atoms with van der Waals surface area (Å²) in [6, 6.07) is 16.7. The molecular weight excluding hydrogens is 456 g/mol. The summed E-state index contributed by atoms with van der Waals surface area (Å²) in [6.07, 6.45) is 0.663. The molecule has 0 radical (unpaired) electrons. The molecule has 0 bridgehead atoms. The van der Waals surface area contributed by atoms with Crippen LogP contribution in [0.25, 0.3) is 10.9 Å². The molecule has 0 saturated heterocycles. The maximum absolute atomic E-state index is 12.3. The molecule has 1 N–H and O–H groups in total. The van der Waals surface area contributed by atoms with E-state index in [1.807, 2.05) is 70.2 Å². The van der Waals surface area contributed by atoms with Crippen molar-refractivity contribution in [3.8, 4) is 23.0 Å². The molecule has 36 heavy (non-hydrogen) atoms. The topological polar surface area (TPSA) is 81.1 Å². The number of aromatic nitrogens is 1. The van der Waals surface area contributed by atoms with Crippen LogP contribution in [0.4, 0.5) is 10.5 Å². The number of hydrogen-bond donors (Lipinski definition) is 1. The van der Waals surface area contributed by atoms with E-state index in [4.69, 9.17) is 14.2 Å². The minimum atomic E-state index is -1.01. The molecule has 1 atom stereocenters. The SMILES string of the molecule is COc1cc2nccc(Oc3cc(C)c(N(C(=O)O)C(C)c4ccc(C)cc4)cc3C)c2cc1OC. The van der Waals surface area contributed by atoms with Gasteiger partial charge in [0.2, 0.25) is 0 Å². The van der Waals surface area contributed by atoms with Gasteiger partial charge in [-0.2, -0.15) is 0 Å². The first kappa shape index (κ1) is 24.9. The van der Waals surface area contributed by atoms with Crippen LogP contribution in [0.2, 0.25) is 0 Å². The first-order valence-corrected chi connectivity index (χ1v) is 11.6. The highest BCUT2D eigenvalue weighted by molar-refractivity contribution is 5.90. The van der Waals surface area contributed by atoms with Crippen LogP contribution in [0.5, 0.6) is 23.0 Å². The summed E-state index contributed by atoms with van der Waals surface area (Å²) in [5.41, 5.74) is 4.97. The number of carboxylic acid groups (broad SMARTS) is 1. The van der Waals surface area contributed by atoms with Gasteiger partial charge >= 0.3 is 6.09 Å². The zero-order valence-electron chi connectivity index (χ0n) is 21.3. The highest BCUT2D eigenvalue weighted by Gasteiger charge is 2.25. The van der Waals surface area contributed by atoms with Gasteiger partial charge in [0.25, 0.3) is 0 Å². The fraction of sp³-hybridized carbons (Fsp3) is 0.241. The second kappa shape index (κ2) is 10.2. The number of methoxy groups -OCH3 is 2. The zero-order chi connectivity index (χ0) is 26.0. The summed E-state index contributed by atoms with van der Waals surface area (Å²) in [4.78, 5) is 18.2. The zero-order valence-corrected chi connectivity index (χ0v) is 21.3. The van der Waals surface area contributed by atoms with E-state index < -0.39 is 6.09 Å². The van der Waals surface area contributed by atoms with Gasteiger partial charge in [-0.15, -0.1) is 0 Å². The lowest BCUT2D eigenvalue weighted by Gasteiger charge is -2.29. The molecule has 1 unspecified atom stereocenters. The molecule has 0 fully saturated rings. The monoisotopic (exact) mass is 486 g/mol. The summed E-state index contributed by atoms with van der Waals surface area (Å²) in [6.45, 7) is 7.69. The molecule has 186 valence electrons. The lowest BCUT2D eigenvalue weighted by molar-refractivity contribution is 0.199. The van der Waals surface area contributed by atoms with Gasteiger partial charge in [-0.05, 0) is 68.7 Å². The standard InChI is InChI=1S/C29H30N2O5/c1-17-7-9-21(10-8-17)20(4)31(29(32)33)24-13-19(3)26(14-18(24)2)36-25-11-12-30-23-16-28(35-6)27(34-5)15-22(23)25/h7-16,20H,1-6H3,(H,32,33). The van der Waals surface area contributed by atoms with Crippen molar-refractivity contribution < 1.29 is 24.1 Å². The molecule has 7 heteroatoms. The number of fused-ring (bicyclic) bond motifs is 1. The number of carbonyl (C=O) groups is 1. The van der Waals surface area contributed by atoms with Crippen molar-refractivity contribution in [2.24, 2.45) is 0 Å². The van der Waals surface area contributed by atoms with Crippen LogP contribution in [0.1, 0.15) is 35.2 Å². The molecule has 4 rings (SSSR count). The van der Waals surface area contributed by atoms with E-state index in [-0.39, 0.29) is 6.04 Å². The average molecular weight is 487 g/mol. The van der Waals surface area contributed by atoms with Crippen LogP contribution < -0.4 is 19.1 Å². The lowest BCUT2D eigenvalue weighted by atomic mass is 10.0. The first-order valence-electron chi connectivity index (χ1n) is 11.6. The fourth-order valence-corrected chi connectivity index (χ4v) is 4.27. The Morgan fingerprint density at radius 3 is 2.17 bits per heavy atom. The molecule has 0 spiro atoms. The van der Waals surface area contributed by atoms with Crippen LogP contribution in [0.3, 0.4) is 0 Å². The molecule has 1 aromatic heterocycles. The largest absolute Gasteiger partial charge is 0.493 e. The third kappa shape index (κ3) is 4.77. The molecule has 0 aliphatic carbocycles. The van der Waals surface area contributed by atoms with Crippen LogP contribution >= 0.6 is 0 Å². The Bertz CT molecular complexity index is 1420. The summed E-state index contributed by atoms with van der Waals surface area (Å²) < 4.78 is 17.2. The number of hydrogen-bond acceptors (Lipinski definition) is 5. The minimum absolute atomic E-state index is 0.362. The van der Waals surface area contributed by atoms with Gasteiger partial charge in [0.15, 0.2) is 11.5 Å². The van der Waals surface area contributed by atoms with Crippen LogP contribution in [0.15, 0.2) is 60.8 Å². The van der Waals surface area contributed by atoms with Crippen molar-refractivity contribution in [3.05, 3.63) is 83.0 Å². The predicted octanol–water partition coefficient (Wildman–Crippen LogP) is 7.22. The molecule has 1 heterocycles. The number of aryl methyl sites for hydroxylation is 3. The Morgan fingerprint density at radius 2 is 1.53 bits per heavy atom. The van der Waals surface area contributed by atoms with Gasteiger partial charge in [-0.25, -0.2) is 4.79 Å². The second-order valence-electron chi connectivity index (χ2n) is 8.78. The number of anilines is 1. The van der Waals surface area contributed by atoms with Crippen molar-refractivity contribution in [2.45, 2.75) is 33.7 Å². The molecule has 0 aliphatic heterocycles. The van der Waals surface area contributed by atoms with Gasteiger partial charge in [-0.1, -0.05) is 29.8 Å². The Kier molecular flexibility index (Phi) is 7.01. The Balaban J connectivity index is 1.72. The molecule has 3 aromatic carbocycles. The summed E-state index contributed by atoms with van der Waals surface area (Å²) in [7, 11) is 3.16. The number of amides is 1. The molecule has 1 amide bonds. The van der Waals surface area contributed by atoms with Crippen molar-refractivity contribution in [2.75, 3.05) is 19.1 Å². The van der Waals surface area contributed by atoms with Crippen LogP contribution in [0, 0.1) is 20.8 Å². The van der Waals surface area contributed by atoms with Crippen LogP contribution in [-0.4, -0.2) is 30.4 Å². The van der Waals surface area contributed by atoms with E-state index in [1.165, 1.54) is 4.90 Å². The minimum Gasteiger partial charge on any atom is -0.493 e. The number of nitrogens with zero attached hydrogens (tertiary/aromatic N) is 2. The fourth-order valence-electron chi connectivity index (χ4n) is 4.27. The van der Waals surface area contributed by atoms with Gasteiger partial charge in [0.1, 0.15) is 11.5 Å². The molecular formula is C29H30N2O5. The van der Waals surface area contributed by atoms with E-state index in [1.54, 1.807) is 32.5 Å². The van der Waals surface area contributed by atoms with E-state index in [2.05, 4.69) is 4.98 Å². The van der Waals surface area contributed by atoms with E-state index >= 15 is 0 Å². The quantitative estimate of drug-likeness (QED) is 0.297. The van der Waals surface area contributed by atoms with Gasteiger partial charge in [-0.3, -0.25) is 9.88 Å². The summed E-state index contributed by atoms with van der Waals surface area (Å²) in [5.74, 6) is 2.40. The first-order chi connectivity index (χ1) is 17.2. The lowest BCUT2D eigenvalue weighted by Crippen LogP contribution is -2.32. The normalized spacial score (nSPS) is 11.7. The summed E-state index contributed by atoms with van der Waals surface area (Å²) >= 11 is 0. The molecule has 4 aromatic rings. The molecule has 7 nitrogen and oxygen atoms in total. The van der Waals surface area contributed by atoms with Crippen molar-refractivity contribution >= 4 is 22.7 Å². The van der Waals surface area contributed by atoms with Crippen LogP contribution in [-0.2, 0) is 0 Å². The maximum atomic E-state index is 12.3. The third-order valence-electron chi connectivity index (χ3n) is 6.33. The van der Waals surface area contributed by atoms with Gasteiger partial charge in [0.05, 0.1) is 31.5 Å². The third-order valence-corrected chi connectivity index (χ3v) is 6.33. The Morgan fingerprint density at radius 1 is 0.861 bits per heavy atom. The van der Waals surface area contributed by atoms with E-state index in [0.29, 0.717) is 34.2 Å². The number of benzene rings is 3. The average Bonchev–Trinajstić information content (AvgIpc) is 2.86. The maximum Gasteiger partial charge on any atom is 0.412 e. The number of ether oxygens (including phenoxy) is 3. The van der Waals surface area contributed by atoms with Crippen molar-refractivity contribution in [3.63, 3.8) is 0 Å². The van der Waals surface area contributed by atoms with Crippen molar-refractivity contribution in [1.82, 2.24) is 4.98 Å². The van der Waals surface area contributed by atoms with Gasteiger partial charge in [0, 0.05) is 17.6 Å². The Labute approximate surface area is 210 Å². The number of pyridine rings is 1. The molecule has 0 saturated carbocycles. The highest BCUT2D eigenvalue weighted by Crippen LogP contribution is 2.39. The Hall–Kier alpha value is -4.26. The molecule has 0 aliphatic rings. The van der Waals surface area contributed by atoms with Crippen molar-refractivity contribution in [1.29, 1.82) is 0 Å². The highest BCUT2D eigenvalue weighted by atomic mass is 16.5. The number of rotatable bonds is 7.